The van der Waals surface area contributed by atoms with E-state index in [-0.39, 0.29) is 12.8 Å². The van der Waals surface area contributed by atoms with Crippen LogP contribution in [0.15, 0.2) is 24.3 Å². The molecule has 3 aliphatic heterocycles. The third-order valence-electron chi connectivity index (χ3n) is 5.84. The average molecular weight is 408 g/mol. The number of piperidine rings is 1. The highest BCUT2D eigenvalue weighted by atomic mass is 16.2. The van der Waals surface area contributed by atoms with E-state index in [1.165, 1.54) is 0 Å². The van der Waals surface area contributed by atoms with Gasteiger partial charge in [0.1, 0.15) is 11.9 Å². The number of aromatic nitrogens is 2. The fourth-order valence-electron chi connectivity index (χ4n) is 4.44. The Morgan fingerprint density at radius 3 is 2.77 bits per heavy atom. The number of nitrogens with one attached hydrogen (secondary N) is 1. The second-order valence-corrected chi connectivity index (χ2v) is 7.78. The second-order valence-electron chi connectivity index (χ2n) is 7.78. The van der Waals surface area contributed by atoms with Crippen LogP contribution in [0.3, 0.4) is 0 Å². The van der Waals surface area contributed by atoms with Crippen molar-refractivity contribution >= 4 is 29.4 Å². The minimum atomic E-state index is -0.963. The highest BCUT2D eigenvalue weighted by molar-refractivity contribution is 6.24. The number of carbonyl (C=O) groups excluding carboxylic acids is 4. The average Bonchev–Trinajstić information content (AvgIpc) is 3.19. The first-order chi connectivity index (χ1) is 14.4. The zero-order valence-electron chi connectivity index (χ0n) is 16.1. The minimum absolute atomic E-state index is 0.0985. The van der Waals surface area contributed by atoms with E-state index in [9.17, 15) is 19.2 Å². The lowest BCUT2D eigenvalue weighted by molar-refractivity contribution is -0.136. The van der Waals surface area contributed by atoms with Crippen LogP contribution in [0.5, 0.6) is 0 Å². The van der Waals surface area contributed by atoms with Crippen LogP contribution in [0.2, 0.25) is 0 Å². The van der Waals surface area contributed by atoms with E-state index in [0.717, 1.165) is 22.7 Å². The van der Waals surface area contributed by atoms with Crippen molar-refractivity contribution < 1.29 is 19.2 Å². The van der Waals surface area contributed by atoms with E-state index >= 15 is 0 Å². The Bertz CT molecular complexity index is 1110. The van der Waals surface area contributed by atoms with Gasteiger partial charge in [-0.25, -0.2) is 0 Å². The number of nitrogens with zero attached hydrogens (tertiary/aromatic N) is 4. The number of hydrogen-bond acceptors (Lipinski definition) is 7. The number of imide groups is 2. The molecule has 4 amide bonds. The lowest BCUT2D eigenvalue weighted by atomic mass is 10.0. The molecule has 1 fully saturated rings. The Morgan fingerprint density at radius 1 is 1.13 bits per heavy atom. The fourth-order valence-corrected chi connectivity index (χ4v) is 4.44. The maximum atomic E-state index is 13.2. The molecular weight excluding hydrogens is 388 g/mol. The molecule has 0 spiro atoms. The first kappa shape index (κ1) is 18.5. The van der Waals surface area contributed by atoms with E-state index in [4.69, 9.17) is 5.73 Å². The number of anilines is 1. The van der Waals surface area contributed by atoms with Crippen LogP contribution in [-0.4, -0.2) is 55.8 Å². The Labute approximate surface area is 171 Å². The summed E-state index contributed by atoms with van der Waals surface area (Å²) in [4.78, 5) is 53.0. The van der Waals surface area contributed by atoms with Gasteiger partial charge in [0.15, 0.2) is 0 Å². The standard InChI is InChI=1S/C20H20N6O4/c21-15-8-12-10-24(6-7-25(12)23-15)9-11-2-1-3-13-17(11)20(30)26(19(13)29)14-4-5-16(27)22-18(14)28/h1-3,8,14H,4-7,9-10H2,(H2,21,23)(H,22,27,28). The molecule has 2 aromatic rings. The Balaban J connectivity index is 1.41. The Morgan fingerprint density at radius 2 is 1.97 bits per heavy atom. The number of rotatable bonds is 3. The SMILES string of the molecule is Nc1cc2n(n1)CCN(Cc1cccc3c1C(=O)N(C1CCC(=O)NC1=O)C3=O)C2. The topological polar surface area (TPSA) is 131 Å². The van der Waals surface area contributed by atoms with Crippen LogP contribution in [0.25, 0.3) is 0 Å². The number of amides is 4. The number of nitrogen functional groups attached to an aromatic ring is 1. The van der Waals surface area contributed by atoms with Gasteiger partial charge in [-0.2, -0.15) is 5.10 Å². The first-order valence-corrected chi connectivity index (χ1v) is 9.80. The van der Waals surface area contributed by atoms with Gasteiger partial charge in [0.05, 0.1) is 23.4 Å². The third kappa shape index (κ3) is 2.88. The van der Waals surface area contributed by atoms with Gasteiger partial charge in [-0.05, 0) is 18.1 Å². The maximum Gasteiger partial charge on any atom is 0.262 e. The highest BCUT2D eigenvalue weighted by Crippen LogP contribution is 2.31. The fraction of sp³-hybridized carbons (Fsp3) is 0.350. The van der Waals surface area contributed by atoms with E-state index in [0.29, 0.717) is 36.6 Å². The normalized spacial score (nSPS) is 21.6. The molecule has 1 aromatic heterocycles. The predicted octanol–water partition coefficient (Wildman–Crippen LogP) is -0.118. The van der Waals surface area contributed by atoms with Crippen molar-refractivity contribution in [1.29, 1.82) is 0 Å². The van der Waals surface area contributed by atoms with Gasteiger partial charge < -0.3 is 5.73 Å². The molecule has 1 unspecified atom stereocenters. The van der Waals surface area contributed by atoms with Crippen LogP contribution in [-0.2, 0) is 29.2 Å². The van der Waals surface area contributed by atoms with Crippen molar-refractivity contribution in [1.82, 2.24) is 24.9 Å². The van der Waals surface area contributed by atoms with Crippen LogP contribution < -0.4 is 11.1 Å². The van der Waals surface area contributed by atoms with Gasteiger partial charge >= 0.3 is 0 Å². The summed E-state index contributed by atoms with van der Waals surface area (Å²) in [5, 5.41) is 6.46. The zero-order chi connectivity index (χ0) is 21.0. The molecule has 10 heteroatoms. The minimum Gasteiger partial charge on any atom is -0.382 e. The van der Waals surface area contributed by atoms with Gasteiger partial charge in [-0.3, -0.25) is 39.0 Å². The lowest BCUT2D eigenvalue weighted by Crippen LogP contribution is -2.54. The second kappa shape index (κ2) is 6.77. The number of carbonyl (C=O) groups is 4. The molecular formula is C20H20N6O4. The summed E-state index contributed by atoms with van der Waals surface area (Å²) >= 11 is 0. The van der Waals surface area contributed by atoms with Gasteiger partial charge in [-0.1, -0.05) is 12.1 Å². The van der Waals surface area contributed by atoms with E-state index in [1.54, 1.807) is 12.1 Å². The summed E-state index contributed by atoms with van der Waals surface area (Å²) in [6, 6.07) is 6.06. The monoisotopic (exact) mass is 408 g/mol. The van der Waals surface area contributed by atoms with Crippen molar-refractivity contribution in [2.45, 2.75) is 38.5 Å². The molecule has 5 rings (SSSR count). The first-order valence-electron chi connectivity index (χ1n) is 9.80. The van der Waals surface area contributed by atoms with Crippen molar-refractivity contribution in [3.05, 3.63) is 46.6 Å². The van der Waals surface area contributed by atoms with Gasteiger partial charge in [-0.15, -0.1) is 0 Å². The molecule has 0 saturated carbocycles. The van der Waals surface area contributed by atoms with Gasteiger partial charge in [0, 0.05) is 32.1 Å². The molecule has 10 nitrogen and oxygen atoms in total. The van der Waals surface area contributed by atoms with E-state index < -0.39 is 29.7 Å². The molecule has 0 bridgehead atoms. The smallest absolute Gasteiger partial charge is 0.262 e. The van der Waals surface area contributed by atoms with E-state index in [1.807, 2.05) is 16.8 Å². The number of fused-ring (bicyclic) bond motifs is 2. The van der Waals surface area contributed by atoms with E-state index in [2.05, 4.69) is 15.3 Å². The molecule has 30 heavy (non-hydrogen) atoms. The van der Waals surface area contributed by atoms with Crippen molar-refractivity contribution in [3.8, 4) is 0 Å². The molecule has 1 aromatic carbocycles. The number of nitrogens with two attached hydrogens (primary N) is 1. The molecule has 4 heterocycles. The van der Waals surface area contributed by atoms with Crippen LogP contribution >= 0.6 is 0 Å². The molecule has 0 radical (unpaired) electrons. The summed E-state index contributed by atoms with van der Waals surface area (Å²) in [7, 11) is 0. The molecule has 0 aliphatic carbocycles. The summed E-state index contributed by atoms with van der Waals surface area (Å²) in [5.74, 6) is -1.49. The summed E-state index contributed by atoms with van der Waals surface area (Å²) in [6.45, 7) is 2.54. The van der Waals surface area contributed by atoms with Crippen LogP contribution in [0, 0.1) is 0 Å². The molecule has 1 atom stereocenters. The largest absolute Gasteiger partial charge is 0.382 e. The zero-order valence-corrected chi connectivity index (χ0v) is 16.1. The molecule has 1 saturated heterocycles. The Kier molecular flexibility index (Phi) is 4.17. The molecule has 3 N–H and O–H groups in total. The summed E-state index contributed by atoms with van der Waals surface area (Å²) in [6.07, 6.45) is 0.240. The number of benzene rings is 1. The summed E-state index contributed by atoms with van der Waals surface area (Å²) in [5.41, 5.74) is 8.15. The maximum absolute atomic E-state index is 13.2. The predicted molar refractivity (Wildman–Crippen MR) is 104 cm³/mol. The van der Waals surface area contributed by atoms with Gasteiger partial charge in [0.2, 0.25) is 11.8 Å². The highest BCUT2D eigenvalue weighted by Gasteiger charge is 2.45. The van der Waals surface area contributed by atoms with Crippen molar-refractivity contribution in [2.75, 3.05) is 12.3 Å². The van der Waals surface area contributed by atoms with Crippen molar-refractivity contribution in [3.63, 3.8) is 0 Å². The van der Waals surface area contributed by atoms with Crippen molar-refractivity contribution in [2.24, 2.45) is 0 Å². The summed E-state index contributed by atoms with van der Waals surface area (Å²) < 4.78 is 1.88. The lowest BCUT2D eigenvalue weighted by Gasteiger charge is -2.28. The number of hydrogen-bond donors (Lipinski definition) is 2. The van der Waals surface area contributed by atoms with Crippen LogP contribution in [0.1, 0.15) is 44.8 Å². The third-order valence-corrected chi connectivity index (χ3v) is 5.84. The van der Waals surface area contributed by atoms with Gasteiger partial charge in [0.25, 0.3) is 11.8 Å². The quantitative estimate of drug-likeness (QED) is 0.677. The van der Waals surface area contributed by atoms with Crippen LogP contribution in [0.4, 0.5) is 5.82 Å². The molecule has 3 aliphatic rings. The molecule has 154 valence electrons. The Hall–Kier alpha value is -3.53.